The van der Waals surface area contributed by atoms with Gasteiger partial charge in [-0.1, -0.05) is 0 Å². The topological polar surface area (TPSA) is 0 Å². The molecule has 0 nitrogen and oxygen atoms in total. The quantitative estimate of drug-likeness (QED) is 0.692. The first-order chi connectivity index (χ1) is 5.83. The minimum absolute atomic E-state index is 0.622. The molecule has 0 aliphatic heterocycles. The molecule has 0 fully saturated rings. The van der Waals surface area contributed by atoms with Crippen LogP contribution < -0.4 is 4.46 Å². The fourth-order valence-corrected chi connectivity index (χ4v) is 3.40. The third kappa shape index (κ3) is 3.42. The monoisotopic (exact) mass is 227 g/mol. The second kappa shape index (κ2) is 5.40. The predicted octanol–water partition coefficient (Wildman–Crippen LogP) is 2.42. The number of hydrogen-bond donors (Lipinski definition) is 0. The first-order valence-electron chi connectivity index (χ1n) is 4.46. The maximum absolute atomic E-state index is 3.29. The molecule has 0 spiro atoms. The van der Waals surface area contributed by atoms with Crippen molar-refractivity contribution < 1.29 is 0 Å². The zero-order valence-electron chi connectivity index (χ0n) is 7.71. The van der Waals surface area contributed by atoms with Gasteiger partial charge in [-0.3, -0.25) is 0 Å². The van der Waals surface area contributed by atoms with E-state index in [0.29, 0.717) is 15.0 Å². The molecule has 0 heterocycles. The molecule has 0 saturated heterocycles. The maximum atomic E-state index is 3.29. The molecule has 1 rings (SSSR count). The van der Waals surface area contributed by atoms with Gasteiger partial charge < -0.3 is 0 Å². The Morgan fingerprint density at radius 3 is 2.92 bits per heavy atom. The van der Waals surface area contributed by atoms with E-state index in [9.17, 15) is 0 Å². The molecule has 12 heavy (non-hydrogen) atoms. The van der Waals surface area contributed by atoms with Crippen molar-refractivity contribution in [3.63, 3.8) is 0 Å². The van der Waals surface area contributed by atoms with Crippen LogP contribution in [0.15, 0.2) is 24.3 Å². The van der Waals surface area contributed by atoms with Crippen molar-refractivity contribution in [2.75, 3.05) is 0 Å². The average Bonchev–Trinajstić information content (AvgIpc) is 2.06. The summed E-state index contributed by atoms with van der Waals surface area (Å²) in [5, 5.41) is 0. The average molecular weight is 226 g/mol. The van der Waals surface area contributed by atoms with Crippen molar-refractivity contribution in [3.05, 3.63) is 30.3 Å². The molecule has 1 aromatic rings. The Balaban J connectivity index is 2.41. The molecule has 0 aliphatic rings. The van der Waals surface area contributed by atoms with Crippen LogP contribution in [-0.2, 0) is 0 Å². The van der Waals surface area contributed by atoms with Gasteiger partial charge >= 0.3 is 81.3 Å². The second-order valence-corrected chi connectivity index (χ2v) is 6.05. The molecule has 1 atom stereocenters. The molecule has 1 aromatic carbocycles. The van der Waals surface area contributed by atoms with Crippen LogP contribution in [0, 0.1) is 6.07 Å². The Labute approximate surface area is 81.5 Å². The predicted molar refractivity (Wildman–Crippen MR) is 55.0 cm³/mol. The molecule has 1 heteroatoms. The summed E-state index contributed by atoms with van der Waals surface area (Å²) in [5.74, 6) is 0. The van der Waals surface area contributed by atoms with Crippen LogP contribution >= 0.6 is 0 Å². The SMILES string of the molecule is CCCC(C)[Se]c1[c]cccc1. The summed E-state index contributed by atoms with van der Waals surface area (Å²) in [6, 6.07) is 11.6. The third-order valence-corrected chi connectivity index (χ3v) is 4.11. The van der Waals surface area contributed by atoms with E-state index in [4.69, 9.17) is 0 Å². The van der Waals surface area contributed by atoms with Crippen molar-refractivity contribution in [1.82, 2.24) is 0 Å². The van der Waals surface area contributed by atoms with Gasteiger partial charge in [-0.25, -0.2) is 0 Å². The number of hydrogen-bond acceptors (Lipinski definition) is 0. The van der Waals surface area contributed by atoms with Crippen molar-refractivity contribution in [1.29, 1.82) is 0 Å². The van der Waals surface area contributed by atoms with Gasteiger partial charge in [-0.2, -0.15) is 0 Å². The molecule has 1 unspecified atom stereocenters. The molecular weight excluding hydrogens is 211 g/mol. The molecule has 0 N–H and O–H groups in total. The van der Waals surface area contributed by atoms with E-state index in [0.717, 1.165) is 4.82 Å². The van der Waals surface area contributed by atoms with Gasteiger partial charge in [0, 0.05) is 0 Å². The fourth-order valence-electron chi connectivity index (χ4n) is 1.13. The van der Waals surface area contributed by atoms with E-state index >= 15 is 0 Å². The summed E-state index contributed by atoms with van der Waals surface area (Å²) in [5.41, 5.74) is 0. The van der Waals surface area contributed by atoms with E-state index in [1.165, 1.54) is 17.3 Å². The molecule has 0 bridgehead atoms. The summed E-state index contributed by atoms with van der Waals surface area (Å²) >= 11 is 0.622. The van der Waals surface area contributed by atoms with Crippen LogP contribution in [0.3, 0.4) is 0 Å². The Kier molecular flexibility index (Phi) is 4.42. The van der Waals surface area contributed by atoms with Crippen LogP contribution in [0.4, 0.5) is 0 Å². The summed E-state index contributed by atoms with van der Waals surface area (Å²) in [4.78, 5) is 0.862. The van der Waals surface area contributed by atoms with Crippen LogP contribution in [0.1, 0.15) is 26.7 Å². The first kappa shape index (κ1) is 9.82. The molecule has 0 amide bonds. The van der Waals surface area contributed by atoms with Crippen LogP contribution in [0.25, 0.3) is 0 Å². The summed E-state index contributed by atoms with van der Waals surface area (Å²) in [7, 11) is 0. The summed E-state index contributed by atoms with van der Waals surface area (Å²) < 4.78 is 1.41. The molecular formula is C11H15Se. The molecule has 0 aliphatic carbocycles. The zero-order valence-corrected chi connectivity index (χ0v) is 9.42. The summed E-state index contributed by atoms with van der Waals surface area (Å²) in [6.07, 6.45) is 2.65. The van der Waals surface area contributed by atoms with Crippen LogP contribution in [0.2, 0.25) is 4.82 Å². The van der Waals surface area contributed by atoms with Crippen LogP contribution in [-0.4, -0.2) is 15.0 Å². The fraction of sp³-hybridized carbons (Fsp3) is 0.455. The molecule has 1 radical (unpaired) electrons. The Morgan fingerprint density at radius 2 is 2.33 bits per heavy atom. The first-order valence-corrected chi connectivity index (χ1v) is 6.31. The van der Waals surface area contributed by atoms with Gasteiger partial charge in [-0.15, -0.1) is 0 Å². The Bertz CT molecular complexity index is 206. The van der Waals surface area contributed by atoms with Crippen molar-refractivity contribution in [2.45, 2.75) is 31.5 Å². The number of benzene rings is 1. The minimum atomic E-state index is 0.622. The van der Waals surface area contributed by atoms with E-state index in [1.807, 2.05) is 12.1 Å². The van der Waals surface area contributed by atoms with E-state index in [1.54, 1.807) is 0 Å². The van der Waals surface area contributed by atoms with Gasteiger partial charge in [-0.05, 0) is 0 Å². The van der Waals surface area contributed by atoms with Crippen LogP contribution in [0.5, 0.6) is 0 Å². The van der Waals surface area contributed by atoms with Gasteiger partial charge in [0.15, 0.2) is 0 Å². The standard InChI is InChI=1S/C11H15Se/c1-3-7-10(2)12-11-8-5-4-6-9-11/h4-6,8,10H,3,7H2,1-2H3. The van der Waals surface area contributed by atoms with E-state index in [-0.39, 0.29) is 0 Å². The van der Waals surface area contributed by atoms with E-state index < -0.39 is 0 Å². The van der Waals surface area contributed by atoms with Gasteiger partial charge in [0.1, 0.15) is 0 Å². The van der Waals surface area contributed by atoms with Gasteiger partial charge in [0.25, 0.3) is 0 Å². The third-order valence-electron chi connectivity index (χ3n) is 1.70. The van der Waals surface area contributed by atoms with Gasteiger partial charge in [0.2, 0.25) is 0 Å². The zero-order chi connectivity index (χ0) is 8.81. The van der Waals surface area contributed by atoms with Crippen molar-refractivity contribution in [2.24, 2.45) is 0 Å². The molecule has 0 aromatic heterocycles. The second-order valence-electron chi connectivity index (χ2n) is 2.94. The number of rotatable bonds is 4. The summed E-state index contributed by atoms with van der Waals surface area (Å²) in [6.45, 7) is 4.59. The van der Waals surface area contributed by atoms with Crippen molar-refractivity contribution >= 4 is 19.4 Å². The molecule has 0 saturated carbocycles. The van der Waals surface area contributed by atoms with Crippen molar-refractivity contribution in [3.8, 4) is 0 Å². The molecule has 65 valence electrons. The van der Waals surface area contributed by atoms with Gasteiger partial charge in [0.05, 0.1) is 0 Å². The normalized spacial score (nSPS) is 12.8. The Hall–Kier alpha value is -0.261. The Morgan fingerprint density at radius 1 is 1.50 bits per heavy atom. The van der Waals surface area contributed by atoms with E-state index in [2.05, 4.69) is 32.0 Å².